The number of benzene rings is 1. The van der Waals surface area contributed by atoms with Crippen molar-refractivity contribution < 1.29 is 5.11 Å². The normalized spacial score (nSPS) is 10.9. The third kappa shape index (κ3) is 2.08. The van der Waals surface area contributed by atoms with Gasteiger partial charge in [0.15, 0.2) is 0 Å². The summed E-state index contributed by atoms with van der Waals surface area (Å²) in [6, 6.07) is 1.97. The Kier molecular flexibility index (Phi) is 3.41. The maximum absolute atomic E-state index is 9.81. The molecular formula is C10H12Br2O. The SMILES string of the molecule is Cc1c(Br)cc(C(C)C)c(O)c1Br. The van der Waals surface area contributed by atoms with Gasteiger partial charge >= 0.3 is 0 Å². The molecule has 0 atom stereocenters. The van der Waals surface area contributed by atoms with E-state index in [2.05, 4.69) is 45.7 Å². The van der Waals surface area contributed by atoms with Gasteiger partial charge in [-0.05, 0) is 46.0 Å². The summed E-state index contributed by atoms with van der Waals surface area (Å²) in [7, 11) is 0. The van der Waals surface area contributed by atoms with Crippen molar-refractivity contribution in [3.63, 3.8) is 0 Å². The monoisotopic (exact) mass is 306 g/mol. The van der Waals surface area contributed by atoms with Gasteiger partial charge in [-0.3, -0.25) is 0 Å². The molecule has 0 fully saturated rings. The van der Waals surface area contributed by atoms with Crippen molar-refractivity contribution in [3.8, 4) is 5.75 Å². The van der Waals surface area contributed by atoms with Crippen LogP contribution in [-0.2, 0) is 0 Å². The molecule has 1 aromatic carbocycles. The average molecular weight is 308 g/mol. The minimum Gasteiger partial charge on any atom is -0.506 e. The fourth-order valence-corrected chi connectivity index (χ4v) is 2.32. The fourth-order valence-electron chi connectivity index (χ4n) is 1.16. The van der Waals surface area contributed by atoms with Gasteiger partial charge in [0.2, 0.25) is 0 Å². The number of aromatic hydroxyl groups is 1. The summed E-state index contributed by atoms with van der Waals surface area (Å²) in [4.78, 5) is 0. The molecule has 0 bridgehead atoms. The minimum atomic E-state index is 0.327. The highest BCUT2D eigenvalue weighted by molar-refractivity contribution is 9.11. The Bertz CT molecular complexity index is 332. The van der Waals surface area contributed by atoms with E-state index in [4.69, 9.17) is 0 Å². The second-order valence-corrected chi connectivity index (χ2v) is 5.04. The lowest BCUT2D eigenvalue weighted by Crippen LogP contribution is -1.91. The van der Waals surface area contributed by atoms with Crippen LogP contribution in [0.25, 0.3) is 0 Å². The first kappa shape index (κ1) is 11.1. The maximum Gasteiger partial charge on any atom is 0.133 e. The number of phenols is 1. The fraction of sp³-hybridized carbons (Fsp3) is 0.400. The topological polar surface area (TPSA) is 20.2 Å². The highest BCUT2D eigenvalue weighted by Gasteiger charge is 2.13. The van der Waals surface area contributed by atoms with Crippen molar-refractivity contribution >= 4 is 31.9 Å². The summed E-state index contributed by atoms with van der Waals surface area (Å²) in [6.07, 6.45) is 0. The molecule has 13 heavy (non-hydrogen) atoms. The van der Waals surface area contributed by atoms with Crippen LogP contribution >= 0.6 is 31.9 Å². The predicted octanol–water partition coefficient (Wildman–Crippen LogP) is 4.35. The Morgan fingerprint density at radius 3 is 2.31 bits per heavy atom. The van der Waals surface area contributed by atoms with Crippen LogP contribution in [0.15, 0.2) is 15.0 Å². The van der Waals surface area contributed by atoms with Crippen LogP contribution in [-0.4, -0.2) is 5.11 Å². The van der Waals surface area contributed by atoms with E-state index in [0.29, 0.717) is 11.7 Å². The molecule has 0 aliphatic heterocycles. The summed E-state index contributed by atoms with van der Waals surface area (Å²) < 4.78 is 1.81. The van der Waals surface area contributed by atoms with Crippen LogP contribution in [0.3, 0.4) is 0 Å². The van der Waals surface area contributed by atoms with Crippen LogP contribution in [0.5, 0.6) is 5.75 Å². The van der Waals surface area contributed by atoms with E-state index in [0.717, 1.165) is 20.1 Å². The molecule has 0 aliphatic carbocycles. The van der Waals surface area contributed by atoms with Crippen LogP contribution in [0.2, 0.25) is 0 Å². The van der Waals surface area contributed by atoms with Gasteiger partial charge in [-0.1, -0.05) is 29.8 Å². The molecule has 0 aliphatic rings. The van der Waals surface area contributed by atoms with Crippen molar-refractivity contribution in [2.24, 2.45) is 0 Å². The van der Waals surface area contributed by atoms with Gasteiger partial charge in [0.1, 0.15) is 5.75 Å². The van der Waals surface area contributed by atoms with Gasteiger partial charge in [-0.25, -0.2) is 0 Å². The second kappa shape index (κ2) is 4.01. The van der Waals surface area contributed by atoms with Crippen LogP contribution in [0.4, 0.5) is 0 Å². The smallest absolute Gasteiger partial charge is 0.133 e. The van der Waals surface area contributed by atoms with Gasteiger partial charge in [-0.2, -0.15) is 0 Å². The van der Waals surface area contributed by atoms with Crippen LogP contribution < -0.4 is 0 Å². The first-order chi connectivity index (χ1) is 5.95. The predicted molar refractivity (Wildman–Crippen MR) is 62.3 cm³/mol. The van der Waals surface area contributed by atoms with Gasteiger partial charge in [0, 0.05) is 4.47 Å². The summed E-state index contributed by atoms with van der Waals surface area (Å²) in [5.41, 5.74) is 1.99. The molecule has 3 heteroatoms. The molecule has 1 aromatic rings. The second-order valence-electron chi connectivity index (χ2n) is 3.39. The molecule has 0 amide bonds. The maximum atomic E-state index is 9.81. The van der Waals surface area contributed by atoms with Crippen LogP contribution in [0.1, 0.15) is 30.9 Å². The highest BCUT2D eigenvalue weighted by Crippen LogP contribution is 2.38. The third-order valence-corrected chi connectivity index (χ3v) is 3.87. The van der Waals surface area contributed by atoms with Gasteiger partial charge in [0.25, 0.3) is 0 Å². The van der Waals surface area contributed by atoms with E-state index in [1.165, 1.54) is 0 Å². The molecule has 0 unspecified atom stereocenters. The zero-order valence-electron chi connectivity index (χ0n) is 7.86. The number of hydrogen-bond acceptors (Lipinski definition) is 1. The first-order valence-corrected chi connectivity index (χ1v) is 5.71. The Labute approximate surface area is 95.4 Å². The van der Waals surface area contributed by atoms with Crippen molar-refractivity contribution in [2.75, 3.05) is 0 Å². The molecule has 0 spiro atoms. The van der Waals surface area contributed by atoms with E-state index in [1.54, 1.807) is 0 Å². The van der Waals surface area contributed by atoms with E-state index in [-0.39, 0.29) is 0 Å². The lowest BCUT2D eigenvalue weighted by atomic mass is 10.0. The van der Waals surface area contributed by atoms with Gasteiger partial charge in [-0.15, -0.1) is 0 Å². The summed E-state index contributed by atoms with van der Waals surface area (Å²) in [5.74, 6) is 0.684. The first-order valence-electron chi connectivity index (χ1n) is 4.12. The molecule has 0 radical (unpaired) electrons. The highest BCUT2D eigenvalue weighted by atomic mass is 79.9. The zero-order valence-corrected chi connectivity index (χ0v) is 11.0. The molecule has 0 heterocycles. The Hall–Kier alpha value is -0.0200. The molecule has 0 saturated heterocycles. The van der Waals surface area contributed by atoms with E-state index in [9.17, 15) is 5.11 Å². The third-order valence-electron chi connectivity index (χ3n) is 2.07. The Morgan fingerprint density at radius 2 is 1.85 bits per heavy atom. The lowest BCUT2D eigenvalue weighted by molar-refractivity contribution is 0.460. The number of hydrogen-bond donors (Lipinski definition) is 1. The summed E-state index contributed by atoms with van der Waals surface area (Å²) >= 11 is 6.83. The standard InChI is InChI=1S/C10H12Br2O/c1-5(2)7-4-8(11)6(3)9(12)10(7)13/h4-5,13H,1-3H3. The summed E-state index contributed by atoms with van der Waals surface area (Å²) in [6.45, 7) is 6.07. The zero-order chi connectivity index (χ0) is 10.2. The molecule has 72 valence electrons. The van der Waals surface area contributed by atoms with Crippen molar-refractivity contribution in [2.45, 2.75) is 26.7 Å². The molecular weight excluding hydrogens is 296 g/mol. The molecule has 0 saturated carbocycles. The van der Waals surface area contributed by atoms with Crippen LogP contribution in [0, 0.1) is 6.92 Å². The van der Waals surface area contributed by atoms with Gasteiger partial charge in [0.05, 0.1) is 4.47 Å². The molecule has 1 rings (SSSR count). The Balaban J connectivity index is 3.41. The quantitative estimate of drug-likeness (QED) is 0.818. The molecule has 1 N–H and O–H groups in total. The summed E-state index contributed by atoms with van der Waals surface area (Å²) in [5, 5.41) is 9.81. The van der Waals surface area contributed by atoms with Crippen molar-refractivity contribution in [1.29, 1.82) is 0 Å². The van der Waals surface area contributed by atoms with Crippen molar-refractivity contribution in [1.82, 2.24) is 0 Å². The Morgan fingerprint density at radius 1 is 1.31 bits per heavy atom. The molecule has 1 nitrogen and oxygen atoms in total. The van der Waals surface area contributed by atoms with Gasteiger partial charge < -0.3 is 5.11 Å². The molecule has 0 aromatic heterocycles. The number of halogens is 2. The minimum absolute atomic E-state index is 0.327. The average Bonchev–Trinajstić information content (AvgIpc) is 2.07. The number of rotatable bonds is 1. The van der Waals surface area contributed by atoms with E-state index in [1.807, 2.05) is 13.0 Å². The number of phenolic OH excluding ortho intramolecular Hbond substituents is 1. The lowest BCUT2D eigenvalue weighted by Gasteiger charge is -2.13. The van der Waals surface area contributed by atoms with E-state index >= 15 is 0 Å². The van der Waals surface area contributed by atoms with E-state index < -0.39 is 0 Å². The largest absolute Gasteiger partial charge is 0.506 e. The van der Waals surface area contributed by atoms with Crippen molar-refractivity contribution in [3.05, 3.63) is 26.1 Å².